The minimum absolute atomic E-state index is 0.0305. The van der Waals surface area contributed by atoms with Crippen LogP contribution in [-0.2, 0) is 7.05 Å². The highest BCUT2D eigenvalue weighted by atomic mass is 16.2. The van der Waals surface area contributed by atoms with Crippen LogP contribution >= 0.6 is 0 Å². The Kier molecular flexibility index (Phi) is 5.54. The first kappa shape index (κ1) is 22.0. The Hall–Kier alpha value is -4.85. The van der Waals surface area contributed by atoms with E-state index in [1.54, 1.807) is 36.4 Å². The fourth-order valence-corrected chi connectivity index (χ4v) is 3.94. The number of carbonyl (C=O) groups excluding carboxylic acids is 2. The molecule has 2 aromatic heterocycles. The number of aromatic nitrogens is 3. The number of rotatable bonds is 3. The lowest BCUT2D eigenvalue weighted by Crippen LogP contribution is -2.42. The number of aryl methyl sites for hydroxylation is 2. The summed E-state index contributed by atoms with van der Waals surface area (Å²) in [5.74, 6) is -1.14. The Bertz CT molecular complexity index is 1670. The van der Waals surface area contributed by atoms with Crippen LogP contribution in [0.2, 0.25) is 0 Å². The van der Waals surface area contributed by atoms with Crippen LogP contribution in [0.5, 0.6) is 0 Å². The summed E-state index contributed by atoms with van der Waals surface area (Å²) in [6, 6.07) is 23.6. The van der Waals surface area contributed by atoms with Crippen LogP contribution < -0.4 is 16.4 Å². The molecule has 2 amide bonds. The Morgan fingerprint density at radius 3 is 2.17 bits per heavy atom. The molecular weight excluding hydrogens is 442 g/mol. The number of fused-ring (bicyclic) bond motifs is 2. The van der Waals surface area contributed by atoms with Crippen molar-refractivity contribution < 1.29 is 9.59 Å². The van der Waals surface area contributed by atoms with Crippen LogP contribution in [0.4, 0.5) is 0 Å². The number of hydrogen-bond donors (Lipinski definition) is 2. The average Bonchev–Trinajstić information content (AvgIpc) is 2.89. The van der Waals surface area contributed by atoms with Crippen molar-refractivity contribution in [2.24, 2.45) is 7.05 Å². The van der Waals surface area contributed by atoms with Crippen molar-refractivity contribution in [1.82, 2.24) is 25.6 Å². The van der Waals surface area contributed by atoms with Crippen molar-refractivity contribution in [2.45, 2.75) is 6.92 Å². The average molecular weight is 463 g/mol. The first-order valence-electron chi connectivity index (χ1n) is 11.0. The van der Waals surface area contributed by atoms with Gasteiger partial charge in [-0.1, -0.05) is 66.2 Å². The van der Waals surface area contributed by atoms with E-state index in [1.165, 1.54) is 7.05 Å². The van der Waals surface area contributed by atoms with Crippen molar-refractivity contribution in [3.8, 4) is 11.3 Å². The van der Waals surface area contributed by atoms with Gasteiger partial charge in [-0.3, -0.25) is 25.2 Å². The first-order valence-corrected chi connectivity index (χ1v) is 11.0. The van der Waals surface area contributed by atoms with E-state index in [-0.39, 0.29) is 11.3 Å². The van der Waals surface area contributed by atoms with Crippen LogP contribution in [-0.4, -0.2) is 26.6 Å². The van der Waals surface area contributed by atoms with E-state index in [9.17, 15) is 14.4 Å². The third kappa shape index (κ3) is 4.13. The molecule has 0 aliphatic heterocycles. The van der Waals surface area contributed by atoms with Crippen LogP contribution in [0.15, 0.2) is 83.7 Å². The molecule has 172 valence electrons. The van der Waals surface area contributed by atoms with E-state index in [0.717, 1.165) is 15.8 Å². The van der Waals surface area contributed by atoms with Crippen LogP contribution in [0, 0.1) is 6.92 Å². The van der Waals surface area contributed by atoms with E-state index in [4.69, 9.17) is 4.98 Å². The van der Waals surface area contributed by atoms with Crippen molar-refractivity contribution in [3.63, 3.8) is 0 Å². The summed E-state index contributed by atoms with van der Waals surface area (Å²) in [7, 11) is 1.47. The van der Waals surface area contributed by atoms with Gasteiger partial charge in [-0.05, 0) is 25.1 Å². The van der Waals surface area contributed by atoms with E-state index in [2.05, 4.69) is 16.0 Å². The molecule has 3 aromatic carbocycles. The quantitative estimate of drug-likeness (QED) is 0.398. The highest BCUT2D eigenvalue weighted by molar-refractivity contribution is 6.09. The van der Waals surface area contributed by atoms with Gasteiger partial charge in [0.15, 0.2) is 5.69 Å². The standard InChI is InChI=1S/C27H21N5O3/c1-16-11-13-17(14-12-16)23-15-21(18-7-5-6-10-22(18)28-23)25(33)29-30-26(34)24-19-8-3-4-9-20(19)27(35)32(2)31-24/h3-15H,1-2H3,(H,29,33)(H,30,34). The van der Waals surface area contributed by atoms with Gasteiger partial charge >= 0.3 is 0 Å². The van der Waals surface area contributed by atoms with Crippen LogP contribution in [0.3, 0.4) is 0 Å². The lowest BCUT2D eigenvalue weighted by atomic mass is 10.0. The topological polar surface area (TPSA) is 106 Å². The molecule has 0 bridgehead atoms. The fraction of sp³-hybridized carbons (Fsp3) is 0.0741. The van der Waals surface area contributed by atoms with E-state index >= 15 is 0 Å². The molecule has 8 nitrogen and oxygen atoms in total. The number of nitrogens with one attached hydrogen (secondary N) is 2. The summed E-state index contributed by atoms with van der Waals surface area (Å²) in [6.45, 7) is 2.00. The maximum absolute atomic E-state index is 13.2. The summed E-state index contributed by atoms with van der Waals surface area (Å²) >= 11 is 0. The number of carbonyl (C=O) groups is 2. The SMILES string of the molecule is Cc1ccc(-c2cc(C(=O)NNC(=O)c3nn(C)c(=O)c4ccccc34)c3ccccc3n2)cc1. The molecule has 0 saturated carbocycles. The largest absolute Gasteiger partial charge is 0.290 e. The van der Waals surface area contributed by atoms with Crippen molar-refractivity contribution in [2.75, 3.05) is 0 Å². The predicted octanol–water partition coefficient (Wildman–Crippen LogP) is 3.53. The molecule has 0 spiro atoms. The highest BCUT2D eigenvalue weighted by Crippen LogP contribution is 2.25. The Balaban J connectivity index is 1.47. The minimum Gasteiger partial charge on any atom is -0.267 e. The Morgan fingerprint density at radius 2 is 1.43 bits per heavy atom. The molecule has 0 radical (unpaired) electrons. The van der Waals surface area contributed by atoms with Crippen molar-refractivity contribution in [3.05, 3.63) is 106 Å². The predicted molar refractivity (Wildman–Crippen MR) is 134 cm³/mol. The Morgan fingerprint density at radius 1 is 0.800 bits per heavy atom. The second-order valence-corrected chi connectivity index (χ2v) is 8.17. The van der Waals surface area contributed by atoms with Gasteiger partial charge in [0, 0.05) is 23.4 Å². The van der Waals surface area contributed by atoms with Gasteiger partial charge in [-0.25, -0.2) is 9.67 Å². The van der Waals surface area contributed by atoms with E-state index in [0.29, 0.717) is 32.9 Å². The number of pyridine rings is 1. The highest BCUT2D eigenvalue weighted by Gasteiger charge is 2.18. The normalized spacial score (nSPS) is 10.9. The molecule has 0 saturated heterocycles. The minimum atomic E-state index is -0.637. The second-order valence-electron chi connectivity index (χ2n) is 8.17. The molecule has 2 N–H and O–H groups in total. The van der Waals surface area contributed by atoms with Gasteiger partial charge in [-0.15, -0.1) is 0 Å². The zero-order valence-corrected chi connectivity index (χ0v) is 19.1. The molecule has 5 rings (SSSR count). The zero-order chi connectivity index (χ0) is 24.5. The van der Waals surface area contributed by atoms with E-state index in [1.807, 2.05) is 49.4 Å². The third-order valence-corrected chi connectivity index (χ3v) is 5.77. The molecule has 0 atom stereocenters. The summed E-state index contributed by atoms with van der Waals surface area (Å²) in [4.78, 5) is 43.2. The maximum Gasteiger partial charge on any atom is 0.290 e. The van der Waals surface area contributed by atoms with Crippen molar-refractivity contribution >= 4 is 33.5 Å². The monoisotopic (exact) mass is 463 g/mol. The summed E-state index contributed by atoms with van der Waals surface area (Å²) in [6.07, 6.45) is 0. The van der Waals surface area contributed by atoms with Gasteiger partial charge in [0.2, 0.25) is 0 Å². The first-order chi connectivity index (χ1) is 16.9. The molecule has 2 heterocycles. The summed E-state index contributed by atoms with van der Waals surface area (Å²) in [5, 5.41) is 5.51. The maximum atomic E-state index is 13.2. The number of amides is 2. The summed E-state index contributed by atoms with van der Waals surface area (Å²) in [5.41, 5.74) is 8.30. The zero-order valence-electron chi connectivity index (χ0n) is 19.1. The van der Waals surface area contributed by atoms with Gasteiger partial charge in [-0.2, -0.15) is 5.10 Å². The van der Waals surface area contributed by atoms with Gasteiger partial charge in [0.25, 0.3) is 17.4 Å². The molecule has 0 unspecified atom stereocenters. The number of hydrazine groups is 1. The smallest absolute Gasteiger partial charge is 0.267 e. The number of benzene rings is 3. The van der Waals surface area contributed by atoms with E-state index < -0.39 is 11.8 Å². The van der Waals surface area contributed by atoms with Gasteiger partial charge in [0.05, 0.1) is 22.2 Å². The molecule has 5 aromatic rings. The Labute approximate surface area is 200 Å². The second kappa shape index (κ2) is 8.83. The fourth-order valence-electron chi connectivity index (χ4n) is 3.94. The summed E-state index contributed by atoms with van der Waals surface area (Å²) < 4.78 is 1.10. The van der Waals surface area contributed by atoms with Crippen LogP contribution in [0.25, 0.3) is 32.9 Å². The molecule has 0 aliphatic rings. The van der Waals surface area contributed by atoms with Gasteiger partial charge < -0.3 is 0 Å². The van der Waals surface area contributed by atoms with Gasteiger partial charge in [0.1, 0.15) is 0 Å². The van der Waals surface area contributed by atoms with Crippen molar-refractivity contribution in [1.29, 1.82) is 0 Å². The number of hydrogen-bond acceptors (Lipinski definition) is 5. The lowest BCUT2D eigenvalue weighted by Gasteiger charge is -2.12. The number of para-hydroxylation sites is 1. The number of nitrogens with zero attached hydrogens (tertiary/aromatic N) is 3. The molecule has 35 heavy (non-hydrogen) atoms. The van der Waals surface area contributed by atoms with Crippen LogP contribution in [0.1, 0.15) is 26.4 Å². The molecular formula is C27H21N5O3. The molecule has 0 aliphatic carbocycles. The lowest BCUT2D eigenvalue weighted by molar-refractivity contribution is 0.0844. The molecule has 8 heteroatoms. The molecule has 0 fully saturated rings. The third-order valence-electron chi connectivity index (χ3n) is 5.77.